The van der Waals surface area contributed by atoms with Crippen LogP contribution in [0, 0.1) is 0 Å². The Balaban J connectivity index is 4.16. The minimum atomic E-state index is -0.874. The monoisotopic (exact) mass is 987 g/mol. The van der Waals surface area contributed by atoms with Gasteiger partial charge in [-0.3, -0.25) is 9.59 Å². The van der Waals surface area contributed by atoms with Crippen molar-refractivity contribution in [3.63, 3.8) is 0 Å². The van der Waals surface area contributed by atoms with Gasteiger partial charge in [-0.05, 0) is 70.6 Å². The second-order valence-electron chi connectivity index (χ2n) is 21.6. The number of unbranched alkanes of at least 4 members (excludes halogenated alkanes) is 35. The summed E-state index contributed by atoms with van der Waals surface area (Å²) in [6.07, 6.45) is 65.0. The van der Waals surface area contributed by atoms with Gasteiger partial charge in [0.2, 0.25) is 0 Å². The van der Waals surface area contributed by atoms with Crippen LogP contribution in [0.25, 0.3) is 0 Å². The number of ether oxygens (including phenoxy) is 3. The zero-order valence-electron chi connectivity index (χ0n) is 47.0. The van der Waals surface area contributed by atoms with Crippen LogP contribution >= 0.6 is 0 Å². The first-order valence-electron chi connectivity index (χ1n) is 30.0. The molecule has 0 radical (unpaired) electrons. The number of hydrogen-bond acceptors (Lipinski definition) is 6. The first-order valence-corrected chi connectivity index (χ1v) is 30.0. The number of carboxylic acid groups (broad SMARTS) is 1. The highest BCUT2D eigenvalue weighted by Crippen LogP contribution is 2.16. The molecule has 0 saturated carbocycles. The molecule has 0 fully saturated rings. The van der Waals surface area contributed by atoms with Crippen molar-refractivity contribution in [1.29, 1.82) is 0 Å². The van der Waals surface area contributed by atoms with Crippen molar-refractivity contribution in [2.75, 3.05) is 41.0 Å². The standard InChI is InChI=1S/C62H115NO7/c1-6-8-10-12-14-16-18-20-22-24-26-28-30-32-34-36-38-40-42-44-46-48-50-52-60(64)69-57-58(56-68-55-54-59(62(66)67)63(3,4)5)70-61(65)53-51-49-47-45-43-41-39-37-35-33-31-29-27-25-23-21-19-17-15-13-11-9-7-2/h26,28,32-35,58-59H,6-25,27,29-31,36-57H2,1-5H3/p+1/b28-26+,34-32+,35-33+. The summed E-state index contributed by atoms with van der Waals surface area (Å²) in [7, 11) is 5.55. The number of allylic oxidation sites excluding steroid dienone is 6. The molecule has 1 N–H and O–H groups in total. The molecule has 2 unspecified atom stereocenters. The molecule has 0 saturated heterocycles. The van der Waals surface area contributed by atoms with E-state index in [0.29, 0.717) is 19.3 Å². The van der Waals surface area contributed by atoms with Gasteiger partial charge in [-0.25, -0.2) is 4.79 Å². The number of hydrogen-bond donors (Lipinski definition) is 1. The maximum absolute atomic E-state index is 12.9. The SMILES string of the molecule is CCCCCCCCCCC/C=C/C/C=C/CCCCCCCCCC(=O)OCC(COCCC(C(=O)O)[N+](C)(C)C)OC(=O)CCCCCCCCC/C=C/CCCCCCCCCCCCCC. The van der Waals surface area contributed by atoms with Crippen molar-refractivity contribution in [2.24, 2.45) is 0 Å². The molecule has 0 bridgehead atoms. The van der Waals surface area contributed by atoms with E-state index in [1.54, 1.807) is 0 Å². The number of rotatable bonds is 55. The van der Waals surface area contributed by atoms with Crippen LogP contribution in [0.1, 0.15) is 290 Å². The molecule has 0 aromatic carbocycles. The molecule has 0 aliphatic carbocycles. The number of likely N-dealkylation sites (N-methyl/N-ethyl adjacent to an activating group) is 1. The van der Waals surface area contributed by atoms with Crippen LogP contribution in [-0.2, 0) is 28.6 Å². The highest BCUT2D eigenvalue weighted by molar-refractivity contribution is 5.72. The molecule has 0 aliphatic heterocycles. The van der Waals surface area contributed by atoms with Crippen molar-refractivity contribution < 1.29 is 38.2 Å². The third-order valence-electron chi connectivity index (χ3n) is 13.8. The molecular formula is C62H116NO7+. The second kappa shape index (κ2) is 52.9. The highest BCUT2D eigenvalue weighted by Gasteiger charge is 2.31. The molecule has 0 aliphatic rings. The van der Waals surface area contributed by atoms with Crippen LogP contribution < -0.4 is 0 Å². The van der Waals surface area contributed by atoms with E-state index in [1.165, 1.54) is 205 Å². The van der Waals surface area contributed by atoms with E-state index < -0.39 is 18.1 Å². The van der Waals surface area contributed by atoms with Crippen molar-refractivity contribution in [3.8, 4) is 0 Å². The Kier molecular flexibility index (Phi) is 51.0. The van der Waals surface area contributed by atoms with E-state index in [2.05, 4.69) is 50.3 Å². The summed E-state index contributed by atoms with van der Waals surface area (Å²) in [6, 6.07) is -0.617. The Morgan fingerprint density at radius 3 is 1.11 bits per heavy atom. The fraction of sp³-hybridized carbons (Fsp3) is 0.855. The lowest BCUT2D eigenvalue weighted by Crippen LogP contribution is -2.50. The van der Waals surface area contributed by atoms with Crippen molar-refractivity contribution in [2.45, 2.75) is 302 Å². The summed E-state index contributed by atoms with van der Waals surface area (Å²) in [4.78, 5) is 37.3. The Morgan fingerprint density at radius 1 is 0.429 bits per heavy atom. The van der Waals surface area contributed by atoms with E-state index in [4.69, 9.17) is 14.2 Å². The first kappa shape index (κ1) is 67.5. The van der Waals surface area contributed by atoms with Crippen LogP contribution in [0.3, 0.4) is 0 Å². The molecule has 8 heteroatoms. The molecule has 0 heterocycles. The molecule has 0 amide bonds. The minimum absolute atomic E-state index is 0.0546. The number of esters is 2. The largest absolute Gasteiger partial charge is 0.477 e. The van der Waals surface area contributed by atoms with Crippen LogP contribution in [0.5, 0.6) is 0 Å². The van der Waals surface area contributed by atoms with Gasteiger partial charge in [0.1, 0.15) is 6.61 Å². The fourth-order valence-electron chi connectivity index (χ4n) is 9.12. The molecule has 8 nitrogen and oxygen atoms in total. The predicted molar refractivity (Wildman–Crippen MR) is 298 cm³/mol. The molecule has 0 rings (SSSR count). The number of carboxylic acids is 1. The van der Waals surface area contributed by atoms with Crippen molar-refractivity contribution in [1.82, 2.24) is 0 Å². The average Bonchev–Trinajstić information content (AvgIpc) is 3.33. The summed E-state index contributed by atoms with van der Waals surface area (Å²) >= 11 is 0. The normalized spacial score (nSPS) is 13.0. The minimum Gasteiger partial charge on any atom is -0.477 e. The van der Waals surface area contributed by atoms with Gasteiger partial charge in [0.25, 0.3) is 0 Å². The quantitative estimate of drug-likeness (QED) is 0.0280. The molecule has 0 spiro atoms. The van der Waals surface area contributed by atoms with Crippen molar-refractivity contribution >= 4 is 17.9 Å². The third-order valence-corrected chi connectivity index (χ3v) is 13.8. The maximum Gasteiger partial charge on any atom is 0.362 e. The average molecular weight is 988 g/mol. The summed E-state index contributed by atoms with van der Waals surface area (Å²) in [5.74, 6) is -1.47. The van der Waals surface area contributed by atoms with Crippen LogP contribution in [-0.4, -0.2) is 80.6 Å². The van der Waals surface area contributed by atoms with E-state index in [1.807, 2.05) is 21.1 Å². The van der Waals surface area contributed by atoms with E-state index in [-0.39, 0.29) is 36.2 Å². The van der Waals surface area contributed by atoms with E-state index >= 15 is 0 Å². The van der Waals surface area contributed by atoms with Gasteiger partial charge in [-0.15, -0.1) is 0 Å². The molecule has 0 aromatic heterocycles. The molecule has 410 valence electrons. The Labute approximate surface area is 434 Å². The topological polar surface area (TPSA) is 99.1 Å². The zero-order chi connectivity index (χ0) is 51.3. The lowest BCUT2D eigenvalue weighted by molar-refractivity contribution is -0.887. The van der Waals surface area contributed by atoms with Gasteiger partial charge >= 0.3 is 17.9 Å². The first-order chi connectivity index (χ1) is 34.1. The van der Waals surface area contributed by atoms with Gasteiger partial charge in [0.05, 0.1) is 34.4 Å². The number of aliphatic carboxylic acids is 1. The number of quaternary nitrogens is 1. The van der Waals surface area contributed by atoms with Crippen LogP contribution in [0.4, 0.5) is 0 Å². The van der Waals surface area contributed by atoms with E-state index in [0.717, 1.165) is 51.4 Å². The van der Waals surface area contributed by atoms with Gasteiger partial charge in [-0.1, -0.05) is 237 Å². The van der Waals surface area contributed by atoms with Gasteiger partial charge in [-0.2, -0.15) is 0 Å². The lowest BCUT2D eigenvalue weighted by Gasteiger charge is -2.31. The number of nitrogens with zero attached hydrogens (tertiary/aromatic N) is 1. The third kappa shape index (κ3) is 50.5. The maximum atomic E-state index is 12.9. The molecular weight excluding hydrogens is 871 g/mol. The number of carbonyl (C=O) groups excluding carboxylic acids is 2. The summed E-state index contributed by atoms with van der Waals surface area (Å²) in [5.41, 5.74) is 0. The zero-order valence-corrected chi connectivity index (χ0v) is 47.0. The van der Waals surface area contributed by atoms with Crippen molar-refractivity contribution in [3.05, 3.63) is 36.5 Å². The highest BCUT2D eigenvalue weighted by atomic mass is 16.6. The molecule has 0 aromatic rings. The lowest BCUT2D eigenvalue weighted by atomic mass is 10.0. The fourth-order valence-corrected chi connectivity index (χ4v) is 9.12. The second-order valence-corrected chi connectivity index (χ2v) is 21.6. The summed E-state index contributed by atoms with van der Waals surface area (Å²) in [5, 5.41) is 9.69. The predicted octanol–water partition coefficient (Wildman–Crippen LogP) is 18.1. The van der Waals surface area contributed by atoms with Gasteiger partial charge < -0.3 is 23.8 Å². The Morgan fingerprint density at radius 2 is 0.757 bits per heavy atom. The van der Waals surface area contributed by atoms with Gasteiger partial charge in [0, 0.05) is 19.3 Å². The summed E-state index contributed by atoms with van der Waals surface area (Å²) in [6.45, 7) is 4.78. The van der Waals surface area contributed by atoms with Crippen LogP contribution in [0.15, 0.2) is 36.5 Å². The Hall–Kier alpha value is -2.45. The van der Waals surface area contributed by atoms with Gasteiger partial charge in [0.15, 0.2) is 12.1 Å². The molecule has 2 atom stereocenters. The molecule has 70 heavy (non-hydrogen) atoms. The smallest absolute Gasteiger partial charge is 0.362 e. The Bertz CT molecular complexity index is 1240. The van der Waals surface area contributed by atoms with E-state index in [9.17, 15) is 19.5 Å². The number of carbonyl (C=O) groups is 3. The van der Waals surface area contributed by atoms with Crippen LogP contribution in [0.2, 0.25) is 0 Å². The summed E-state index contributed by atoms with van der Waals surface area (Å²) < 4.78 is 17.4.